The molecule has 0 aliphatic heterocycles. The van der Waals surface area contributed by atoms with Crippen LogP contribution in [0.25, 0.3) is 0 Å². The van der Waals surface area contributed by atoms with E-state index in [-0.39, 0.29) is 0 Å². The van der Waals surface area contributed by atoms with Crippen LogP contribution in [0.2, 0.25) is 0 Å². The Kier molecular flexibility index (Phi) is 29.4. The first-order valence-corrected chi connectivity index (χ1v) is 3.17. The molecular formula is C4H5ClPd. The van der Waals surface area contributed by atoms with Gasteiger partial charge in [0.05, 0.1) is 0 Å². The van der Waals surface area contributed by atoms with Crippen LogP contribution in [0.3, 0.4) is 0 Å². The average molecular weight is 195 g/mol. The molecule has 0 spiro atoms. The van der Waals surface area contributed by atoms with Crippen molar-refractivity contribution in [2.24, 2.45) is 0 Å². The van der Waals surface area contributed by atoms with E-state index >= 15 is 0 Å². The molecule has 0 aliphatic rings. The van der Waals surface area contributed by atoms with Gasteiger partial charge in [0.25, 0.3) is 0 Å². The van der Waals surface area contributed by atoms with Gasteiger partial charge in [0.15, 0.2) is 0 Å². The molecule has 0 fully saturated rings. The molecular weight excluding hydrogens is 190 g/mol. The molecule has 0 rings (SSSR count). The van der Waals surface area contributed by atoms with Crippen LogP contribution in [0.4, 0.5) is 0 Å². The van der Waals surface area contributed by atoms with E-state index in [0.717, 1.165) is 0 Å². The Morgan fingerprint density at radius 2 is 2.00 bits per heavy atom. The van der Waals surface area contributed by atoms with Crippen molar-refractivity contribution in [1.29, 1.82) is 0 Å². The van der Waals surface area contributed by atoms with Crippen molar-refractivity contribution in [1.82, 2.24) is 0 Å². The predicted molar refractivity (Wildman–Crippen MR) is 24.9 cm³/mol. The third-order valence-electron chi connectivity index (χ3n) is 0.144. The van der Waals surface area contributed by atoms with Crippen LogP contribution in [0.5, 0.6) is 0 Å². The molecule has 0 aromatic rings. The first kappa shape index (κ1) is 9.60. The first-order chi connectivity index (χ1) is 2.91. The van der Waals surface area contributed by atoms with Gasteiger partial charge in [0.1, 0.15) is 0 Å². The van der Waals surface area contributed by atoms with Crippen molar-refractivity contribution in [3.63, 3.8) is 0 Å². The quantitative estimate of drug-likeness (QED) is 0.314. The third kappa shape index (κ3) is 26.9. The second kappa shape index (κ2) is 18.4. The molecule has 0 nitrogen and oxygen atoms in total. The zero-order chi connectivity index (χ0) is 5.41. The van der Waals surface area contributed by atoms with Gasteiger partial charge in [-0.3, -0.25) is 0 Å². The third-order valence-corrected chi connectivity index (χ3v) is 0.144. The number of hydrogen-bond acceptors (Lipinski definition) is 0. The van der Waals surface area contributed by atoms with E-state index in [0.29, 0.717) is 0 Å². The summed E-state index contributed by atoms with van der Waals surface area (Å²) in [4.78, 5) is 0. The van der Waals surface area contributed by atoms with Gasteiger partial charge < -0.3 is 5.73 Å². The van der Waals surface area contributed by atoms with Gasteiger partial charge in [-0.25, -0.2) is 13.0 Å². The van der Waals surface area contributed by atoms with Gasteiger partial charge in [-0.15, -0.1) is 0 Å². The van der Waals surface area contributed by atoms with Crippen LogP contribution in [-0.2, 0) is 18.2 Å². The van der Waals surface area contributed by atoms with Crippen molar-refractivity contribution in [2.75, 3.05) is 0 Å². The Morgan fingerprint density at radius 1 is 1.83 bits per heavy atom. The molecule has 0 saturated heterocycles. The summed E-state index contributed by atoms with van der Waals surface area (Å²) in [6, 6.07) is 0. The summed E-state index contributed by atoms with van der Waals surface area (Å²) in [5.74, 6) is 0. The van der Waals surface area contributed by atoms with Crippen molar-refractivity contribution in [3.05, 3.63) is 25.3 Å². The molecule has 6 heavy (non-hydrogen) atoms. The van der Waals surface area contributed by atoms with E-state index in [9.17, 15) is 0 Å². The topological polar surface area (TPSA) is 0 Å². The van der Waals surface area contributed by atoms with Crippen molar-refractivity contribution >= 4 is 9.53 Å². The summed E-state index contributed by atoms with van der Waals surface area (Å²) in [6.45, 7) is 6.54. The van der Waals surface area contributed by atoms with Crippen LogP contribution < -0.4 is 0 Å². The molecule has 0 radical (unpaired) electrons. The molecule has 0 atom stereocenters. The fourth-order valence-electron chi connectivity index (χ4n) is 0. The van der Waals surface area contributed by atoms with E-state index in [1.54, 1.807) is 0 Å². The maximum absolute atomic E-state index is 4.49. The van der Waals surface area contributed by atoms with E-state index in [1.165, 1.54) is 6.08 Å². The van der Waals surface area contributed by atoms with Crippen LogP contribution >= 0.6 is 9.53 Å². The van der Waals surface area contributed by atoms with Gasteiger partial charge in [-0.05, 0) is 0 Å². The predicted octanol–water partition coefficient (Wildman–Crippen LogP) is 1.85. The molecule has 38 valence electrons. The molecule has 0 saturated carbocycles. The molecule has 0 amide bonds. The first-order valence-electron chi connectivity index (χ1n) is 1.17. The number of halogens is 1. The zero-order valence-electron chi connectivity index (χ0n) is 3.19. The van der Waals surface area contributed by atoms with E-state index in [2.05, 4.69) is 46.9 Å². The van der Waals surface area contributed by atoms with Gasteiger partial charge in [0, 0.05) is 0 Å². The number of allylic oxidation sites excluding steroid dienone is 1. The summed E-state index contributed by atoms with van der Waals surface area (Å²) in [7, 11) is 4.49. The Hall–Kier alpha value is 0.342. The van der Waals surface area contributed by atoms with E-state index < -0.39 is 0 Å². The monoisotopic (exact) mass is 194 g/mol. The van der Waals surface area contributed by atoms with Crippen LogP contribution in [-0.4, -0.2) is 0 Å². The molecule has 0 bridgehead atoms. The minimum atomic E-state index is 1.51. The Labute approximate surface area is 53.3 Å². The van der Waals surface area contributed by atoms with Crippen molar-refractivity contribution in [2.45, 2.75) is 0 Å². The Balaban J connectivity index is 0. The zero-order valence-corrected chi connectivity index (χ0v) is 5.50. The summed E-state index contributed by atoms with van der Waals surface area (Å²) in [5, 5.41) is 0. The van der Waals surface area contributed by atoms with Crippen molar-refractivity contribution in [3.8, 4) is 0 Å². The number of rotatable bonds is 0. The normalized spacial score (nSPS) is 3.83. The molecule has 0 N–H and O–H groups in total. The summed E-state index contributed by atoms with van der Waals surface area (Å²) < 4.78 is 0. The average Bonchev–Trinajstić information content (AvgIpc) is 1.72. The maximum atomic E-state index is 4.49. The summed E-state index contributed by atoms with van der Waals surface area (Å²) in [5.41, 5.74) is 2.44. The minimum absolute atomic E-state index is 1.51. The van der Waals surface area contributed by atoms with Gasteiger partial charge in [-0.1, -0.05) is 0 Å². The van der Waals surface area contributed by atoms with E-state index in [4.69, 9.17) is 0 Å². The molecule has 2 heteroatoms. The van der Waals surface area contributed by atoms with Crippen molar-refractivity contribution < 1.29 is 18.2 Å². The SMILES string of the molecule is C=C=C[CH2-].[Cl][Pd+]. The van der Waals surface area contributed by atoms with Crippen LogP contribution in [0.15, 0.2) is 18.4 Å². The Bertz CT molecular complexity index is 45.5. The van der Waals surface area contributed by atoms with Crippen LogP contribution in [0, 0.1) is 6.92 Å². The Morgan fingerprint density at radius 3 is 2.00 bits per heavy atom. The van der Waals surface area contributed by atoms with E-state index in [1.807, 2.05) is 0 Å². The molecule has 0 aromatic heterocycles. The standard InChI is InChI=1S/C4H5.ClH.Pd/c1-3-4-2;;/h3H,1-2H2;1H;/q-1;;+2/p-1. The fraction of sp³-hybridized carbons (Fsp3) is 0. The molecule has 0 unspecified atom stereocenters. The van der Waals surface area contributed by atoms with Gasteiger partial charge in [-0.2, -0.15) is 6.58 Å². The fourth-order valence-corrected chi connectivity index (χ4v) is 0. The summed E-state index contributed by atoms with van der Waals surface area (Å²) >= 11 is 2.22. The second-order valence-corrected chi connectivity index (χ2v) is 0.408. The van der Waals surface area contributed by atoms with Crippen LogP contribution in [0.1, 0.15) is 0 Å². The van der Waals surface area contributed by atoms with Gasteiger partial charge >= 0.3 is 27.7 Å². The molecule has 0 heterocycles. The molecule has 0 aromatic carbocycles. The number of hydrogen-bond donors (Lipinski definition) is 0. The molecule has 0 aliphatic carbocycles. The summed E-state index contributed by atoms with van der Waals surface area (Å²) in [6.07, 6.45) is 1.51. The second-order valence-electron chi connectivity index (χ2n) is 0.408. The van der Waals surface area contributed by atoms with Gasteiger partial charge in [0.2, 0.25) is 0 Å².